The lowest BCUT2D eigenvalue weighted by atomic mass is 10.1. The maximum atomic E-state index is 14.0. The molecule has 0 atom stereocenters. The number of nitrogens with two attached hydrogens (primary N) is 1. The zero-order valence-corrected chi connectivity index (χ0v) is 12.8. The van der Waals surface area contributed by atoms with Crippen molar-refractivity contribution in [3.8, 4) is 11.3 Å². The molecule has 3 aromatic rings. The molecule has 8 heteroatoms. The van der Waals surface area contributed by atoms with Gasteiger partial charge in [0, 0.05) is 53.5 Å². The maximum absolute atomic E-state index is 14.0. The van der Waals surface area contributed by atoms with Crippen LogP contribution in [0.3, 0.4) is 0 Å². The number of hydrogen-bond acceptors (Lipinski definition) is 4. The summed E-state index contributed by atoms with van der Waals surface area (Å²) in [5.74, 6) is -1.00. The molecule has 2 aromatic heterocycles. The summed E-state index contributed by atoms with van der Waals surface area (Å²) in [4.78, 5) is 8.10. The summed E-state index contributed by atoms with van der Waals surface area (Å²) in [6.07, 6.45) is 4.61. The Morgan fingerprint density at radius 1 is 1.25 bits per heavy atom. The van der Waals surface area contributed by atoms with Gasteiger partial charge in [-0.3, -0.25) is 8.96 Å². The highest BCUT2D eigenvalue weighted by Crippen LogP contribution is 2.35. The topological polar surface area (TPSA) is 56.7 Å². The summed E-state index contributed by atoms with van der Waals surface area (Å²) >= 11 is 2.02. The van der Waals surface area contributed by atoms with Crippen molar-refractivity contribution in [2.75, 3.05) is 5.73 Å². The van der Waals surface area contributed by atoms with E-state index in [1.807, 2.05) is 21.2 Å². The molecule has 0 radical (unpaired) electrons. The van der Waals surface area contributed by atoms with Gasteiger partial charge in [-0.05, 0) is 6.07 Å². The molecule has 2 heterocycles. The standard InChI is InChI=1S/C12H7F2IN4S/c13-6-1-7-8(10-3-17-4-11(16)18-10)5-19(20-15)12(7)9(14)2-6/h1-5H,(H2,16,18). The van der Waals surface area contributed by atoms with Gasteiger partial charge in [-0.15, -0.1) is 0 Å². The van der Waals surface area contributed by atoms with E-state index in [-0.39, 0.29) is 5.82 Å². The Balaban J connectivity index is 2.36. The monoisotopic (exact) mass is 404 g/mol. The Labute approximate surface area is 129 Å². The SMILES string of the molecule is Nc1cncc(-c2cn(SI)c3c(F)cc(F)cc23)n1. The van der Waals surface area contributed by atoms with Crippen LogP contribution in [0.25, 0.3) is 22.2 Å². The number of nitrogen functional groups attached to an aromatic ring is 1. The molecule has 0 aliphatic carbocycles. The van der Waals surface area contributed by atoms with E-state index in [9.17, 15) is 8.78 Å². The fourth-order valence-electron chi connectivity index (χ4n) is 2.02. The molecule has 0 saturated carbocycles. The van der Waals surface area contributed by atoms with Crippen LogP contribution in [0.2, 0.25) is 0 Å². The van der Waals surface area contributed by atoms with Crippen molar-refractivity contribution in [1.82, 2.24) is 13.9 Å². The summed E-state index contributed by atoms with van der Waals surface area (Å²) in [6, 6.07) is 2.14. The minimum Gasteiger partial charge on any atom is -0.382 e. The summed E-state index contributed by atoms with van der Waals surface area (Å²) in [6.45, 7) is 0. The lowest BCUT2D eigenvalue weighted by Gasteiger charge is -2.00. The van der Waals surface area contributed by atoms with Crippen molar-refractivity contribution in [3.05, 3.63) is 42.4 Å². The molecule has 0 unspecified atom stereocenters. The Bertz CT molecular complexity index is 805. The Hall–Kier alpha value is -1.42. The number of benzene rings is 1. The third kappa shape index (κ3) is 2.22. The average Bonchev–Trinajstić information content (AvgIpc) is 2.77. The molecule has 4 nitrogen and oxygen atoms in total. The number of fused-ring (bicyclic) bond motifs is 1. The second-order valence-corrected chi connectivity index (χ2v) is 5.76. The predicted molar refractivity (Wildman–Crippen MR) is 84.3 cm³/mol. The fourth-order valence-corrected chi connectivity index (χ4v) is 3.35. The van der Waals surface area contributed by atoms with E-state index in [1.54, 1.807) is 10.2 Å². The van der Waals surface area contributed by atoms with Crippen LogP contribution >= 0.6 is 30.3 Å². The summed E-state index contributed by atoms with van der Waals surface area (Å²) in [7, 11) is 1.28. The predicted octanol–water partition coefficient (Wildman–Crippen LogP) is 3.81. The molecular formula is C12H7F2IN4S. The number of halogens is 3. The van der Waals surface area contributed by atoms with Gasteiger partial charge in [-0.1, -0.05) is 0 Å². The van der Waals surface area contributed by atoms with E-state index < -0.39 is 11.6 Å². The van der Waals surface area contributed by atoms with E-state index in [0.29, 0.717) is 22.2 Å². The van der Waals surface area contributed by atoms with Crippen molar-refractivity contribution in [1.29, 1.82) is 0 Å². The number of hydrogen-bond donors (Lipinski definition) is 1. The molecular weight excluding hydrogens is 397 g/mol. The Kier molecular flexibility index (Phi) is 3.50. The molecule has 0 fully saturated rings. The first-order chi connectivity index (χ1) is 9.60. The highest BCUT2D eigenvalue weighted by Gasteiger charge is 2.17. The van der Waals surface area contributed by atoms with Gasteiger partial charge < -0.3 is 5.73 Å². The summed E-state index contributed by atoms with van der Waals surface area (Å²) < 4.78 is 29.0. The normalized spacial score (nSPS) is 11.2. The minimum absolute atomic E-state index is 0.252. The van der Waals surface area contributed by atoms with Gasteiger partial charge in [0.05, 0.1) is 23.6 Å². The van der Waals surface area contributed by atoms with Crippen LogP contribution in [0.5, 0.6) is 0 Å². The smallest absolute Gasteiger partial charge is 0.151 e. The van der Waals surface area contributed by atoms with Crippen molar-refractivity contribution in [2.24, 2.45) is 0 Å². The van der Waals surface area contributed by atoms with Gasteiger partial charge in [0.25, 0.3) is 0 Å². The van der Waals surface area contributed by atoms with Crippen LogP contribution in [0, 0.1) is 11.6 Å². The lowest BCUT2D eigenvalue weighted by molar-refractivity contribution is 0.590. The number of nitrogens with zero attached hydrogens (tertiary/aromatic N) is 3. The van der Waals surface area contributed by atoms with Crippen LogP contribution in [0.1, 0.15) is 0 Å². The van der Waals surface area contributed by atoms with Crippen LogP contribution in [0.15, 0.2) is 30.7 Å². The molecule has 0 bridgehead atoms. The first kappa shape index (κ1) is 13.6. The van der Waals surface area contributed by atoms with Crippen LogP contribution in [0.4, 0.5) is 14.6 Å². The first-order valence-electron chi connectivity index (χ1n) is 5.47. The van der Waals surface area contributed by atoms with Crippen molar-refractivity contribution < 1.29 is 8.78 Å². The van der Waals surface area contributed by atoms with E-state index in [0.717, 1.165) is 6.07 Å². The molecule has 2 N–H and O–H groups in total. The maximum Gasteiger partial charge on any atom is 0.151 e. The van der Waals surface area contributed by atoms with Gasteiger partial charge in [0.15, 0.2) is 5.82 Å². The summed E-state index contributed by atoms with van der Waals surface area (Å²) in [5, 5.41) is 0.437. The minimum atomic E-state index is -0.635. The first-order valence-corrected chi connectivity index (χ1v) is 8.79. The quantitative estimate of drug-likeness (QED) is 0.661. The number of rotatable bonds is 2. The Morgan fingerprint density at radius 3 is 2.75 bits per heavy atom. The van der Waals surface area contributed by atoms with E-state index in [4.69, 9.17) is 5.73 Å². The van der Waals surface area contributed by atoms with Crippen molar-refractivity contribution >= 4 is 47.0 Å². The molecule has 0 amide bonds. The van der Waals surface area contributed by atoms with Gasteiger partial charge in [-0.2, -0.15) is 0 Å². The molecule has 1 aromatic carbocycles. The molecule has 0 spiro atoms. The van der Waals surface area contributed by atoms with Gasteiger partial charge in [0.1, 0.15) is 11.6 Å². The second-order valence-electron chi connectivity index (χ2n) is 4.05. The van der Waals surface area contributed by atoms with E-state index in [1.165, 1.54) is 27.6 Å². The molecule has 20 heavy (non-hydrogen) atoms. The van der Waals surface area contributed by atoms with Crippen molar-refractivity contribution in [2.45, 2.75) is 0 Å². The van der Waals surface area contributed by atoms with Gasteiger partial charge in [0.2, 0.25) is 0 Å². The molecule has 102 valence electrons. The Morgan fingerprint density at radius 2 is 2.05 bits per heavy atom. The van der Waals surface area contributed by atoms with Gasteiger partial charge in [-0.25, -0.2) is 13.8 Å². The van der Waals surface area contributed by atoms with Gasteiger partial charge >= 0.3 is 0 Å². The second kappa shape index (κ2) is 5.17. The number of aromatic nitrogens is 3. The highest BCUT2D eigenvalue weighted by atomic mass is 127. The number of anilines is 1. The zero-order valence-electron chi connectivity index (χ0n) is 9.85. The zero-order chi connectivity index (χ0) is 14.3. The van der Waals surface area contributed by atoms with Crippen LogP contribution in [-0.4, -0.2) is 13.9 Å². The van der Waals surface area contributed by atoms with Crippen LogP contribution < -0.4 is 5.73 Å². The lowest BCUT2D eigenvalue weighted by Crippen LogP contribution is -1.93. The van der Waals surface area contributed by atoms with Crippen LogP contribution in [-0.2, 0) is 0 Å². The highest BCUT2D eigenvalue weighted by molar-refractivity contribution is 14.2. The molecule has 3 rings (SSSR count). The molecule has 0 saturated heterocycles. The third-order valence-corrected chi connectivity index (χ3v) is 4.50. The molecule has 0 aliphatic heterocycles. The summed E-state index contributed by atoms with van der Waals surface area (Å²) in [5.41, 5.74) is 6.98. The average molecular weight is 404 g/mol. The fraction of sp³-hybridized carbons (Fsp3) is 0. The molecule has 0 aliphatic rings. The van der Waals surface area contributed by atoms with Crippen molar-refractivity contribution in [3.63, 3.8) is 0 Å². The van der Waals surface area contributed by atoms with E-state index >= 15 is 0 Å². The largest absolute Gasteiger partial charge is 0.382 e. The third-order valence-electron chi connectivity index (χ3n) is 2.79. The van der Waals surface area contributed by atoms with E-state index in [2.05, 4.69) is 9.97 Å².